The zero-order valence-electron chi connectivity index (χ0n) is 10.1. The quantitative estimate of drug-likeness (QED) is 0.497. The highest BCUT2D eigenvalue weighted by Gasteiger charge is 2.19. The Kier molecular flexibility index (Phi) is 7.96. The third-order valence-corrected chi connectivity index (χ3v) is 2.52. The van der Waals surface area contributed by atoms with Crippen LogP contribution in [0, 0.1) is 5.92 Å². The van der Waals surface area contributed by atoms with Crippen LogP contribution < -0.4 is 0 Å². The fourth-order valence-electron chi connectivity index (χ4n) is 1.44. The highest BCUT2D eigenvalue weighted by atomic mass is 16.4. The highest BCUT2D eigenvalue weighted by Crippen LogP contribution is 2.11. The van der Waals surface area contributed by atoms with Crippen molar-refractivity contribution in [2.45, 2.75) is 52.9 Å². The number of hydrogen-bond acceptors (Lipinski definition) is 2. The van der Waals surface area contributed by atoms with Crippen molar-refractivity contribution in [3.63, 3.8) is 0 Å². The fraction of sp³-hybridized carbons (Fsp3) is 0.833. The van der Waals surface area contributed by atoms with E-state index in [4.69, 9.17) is 5.11 Å². The molecule has 0 heterocycles. The molecule has 1 N–H and O–H groups in total. The van der Waals surface area contributed by atoms with Gasteiger partial charge in [0.15, 0.2) is 0 Å². The molecular weight excluding hydrogens is 190 g/mol. The summed E-state index contributed by atoms with van der Waals surface area (Å²) in [4.78, 5) is 15.3. The van der Waals surface area contributed by atoms with Crippen molar-refractivity contribution in [1.82, 2.24) is 0 Å². The molecule has 88 valence electrons. The number of carbonyl (C=O) groups is 1. The number of aliphatic carboxylic acids is 1. The molecule has 0 saturated carbocycles. The first kappa shape index (κ1) is 14.1. The van der Waals surface area contributed by atoms with Crippen molar-refractivity contribution < 1.29 is 9.90 Å². The summed E-state index contributed by atoms with van der Waals surface area (Å²) < 4.78 is 0. The van der Waals surface area contributed by atoms with Crippen molar-refractivity contribution in [2.75, 3.05) is 6.54 Å². The maximum atomic E-state index is 11.0. The van der Waals surface area contributed by atoms with Crippen LogP contribution in [-0.2, 0) is 4.79 Å². The van der Waals surface area contributed by atoms with Crippen LogP contribution in [-0.4, -0.2) is 23.3 Å². The van der Waals surface area contributed by atoms with Gasteiger partial charge in [-0.15, -0.1) is 0 Å². The lowest BCUT2D eigenvalue weighted by Gasteiger charge is -2.11. The second-order valence-electron chi connectivity index (χ2n) is 3.91. The maximum absolute atomic E-state index is 11.0. The van der Waals surface area contributed by atoms with Crippen molar-refractivity contribution in [3.8, 4) is 0 Å². The van der Waals surface area contributed by atoms with E-state index >= 15 is 0 Å². The predicted octanol–water partition coefficient (Wildman–Crippen LogP) is 3.14. The van der Waals surface area contributed by atoms with Gasteiger partial charge in [-0.25, -0.2) is 0 Å². The lowest BCUT2D eigenvalue weighted by Crippen LogP contribution is -2.22. The van der Waals surface area contributed by atoms with Gasteiger partial charge in [-0.3, -0.25) is 9.79 Å². The Morgan fingerprint density at radius 2 is 1.87 bits per heavy atom. The largest absolute Gasteiger partial charge is 0.481 e. The molecule has 0 aliphatic carbocycles. The van der Waals surface area contributed by atoms with Gasteiger partial charge in [0.2, 0.25) is 0 Å². The van der Waals surface area contributed by atoms with E-state index in [0.717, 1.165) is 37.9 Å². The van der Waals surface area contributed by atoms with Crippen LogP contribution in [0.5, 0.6) is 0 Å². The first-order chi connectivity index (χ1) is 7.13. The van der Waals surface area contributed by atoms with Crippen LogP contribution in [0.1, 0.15) is 52.9 Å². The van der Waals surface area contributed by atoms with Gasteiger partial charge in [0, 0.05) is 12.3 Å². The lowest BCUT2D eigenvalue weighted by atomic mass is 9.98. The average molecular weight is 213 g/mol. The van der Waals surface area contributed by atoms with Crippen LogP contribution in [0.2, 0.25) is 0 Å². The molecule has 0 amide bonds. The summed E-state index contributed by atoms with van der Waals surface area (Å²) in [5, 5.41) is 9.05. The van der Waals surface area contributed by atoms with E-state index in [-0.39, 0.29) is 5.92 Å². The molecule has 0 aromatic rings. The summed E-state index contributed by atoms with van der Waals surface area (Å²) in [6.07, 6.45) is 4.85. The van der Waals surface area contributed by atoms with Gasteiger partial charge in [0.05, 0.1) is 5.92 Å². The normalized spacial score (nSPS) is 13.9. The van der Waals surface area contributed by atoms with E-state index in [9.17, 15) is 4.79 Å². The first-order valence-corrected chi connectivity index (χ1v) is 5.87. The summed E-state index contributed by atoms with van der Waals surface area (Å²) in [5.41, 5.74) is 0.782. The Morgan fingerprint density at radius 1 is 1.27 bits per heavy atom. The van der Waals surface area contributed by atoms with Crippen LogP contribution in [0.25, 0.3) is 0 Å². The van der Waals surface area contributed by atoms with E-state index in [1.54, 1.807) is 0 Å². The smallest absolute Gasteiger partial charge is 0.312 e. The number of aliphatic imine (C=N–C) groups is 1. The number of unbranched alkanes of at least 4 members (excludes halogenated alkanes) is 2. The van der Waals surface area contributed by atoms with Gasteiger partial charge in [-0.1, -0.05) is 33.1 Å². The minimum atomic E-state index is -0.735. The standard InChI is InChI=1S/C12H23NO2/c1-4-6-8-11(12(14)15)10(3)13-9-7-5-2/h11H,4-9H2,1-3H3,(H,14,15). The average Bonchev–Trinajstić information content (AvgIpc) is 2.18. The van der Waals surface area contributed by atoms with Gasteiger partial charge in [0.25, 0.3) is 0 Å². The van der Waals surface area contributed by atoms with Crippen LogP contribution in [0.4, 0.5) is 0 Å². The molecule has 0 aliphatic heterocycles. The van der Waals surface area contributed by atoms with Crippen LogP contribution in [0.15, 0.2) is 4.99 Å². The number of hydrogen-bond donors (Lipinski definition) is 1. The summed E-state index contributed by atoms with van der Waals surface area (Å²) in [6.45, 7) is 6.78. The van der Waals surface area contributed by atoms with Gasteiger partial charge in [0.1, 0.15) is 0 Å². The number of nitrogens with zero attached hydrogens (tertiary/aromatic N) is 1. The van der Waals surface area contributed by atoms with E-state index in [0.29, 0.717) is 6.42 Å². The molecule has 0 rings (SSSR count). The Hall–Kier alpha value is -0.860. The monoisotopic (exact) mass is 213 g/mol. The molecule has 3 heteroatoms. The lowest BCUT2D eigenvalue weighted by molar-refractivity contribution is -0.139. The zero-order chi connectivity index (χ0) is 11.7. The number of carboxylic acid groups (broad SMARTS) is 1. The van der Waals surface area contributed by atoms with E-state index in [1.807, 2.05) is 6.92 Å². The van der Waals surface area contributed by atoms with Gasteiger partial charge in [-0.05, 0) is 19.8 Å². The topological polar surface area (TPSA) is 49.7 Å². The van der Waals surface area contributed by atoms with E-state index in [1.165, 1.54) is 0 Å². The Labute approximate surface area is 92.6 Å². The molecule has 0 aromatic carbocycles. The van der Waals surface area contributed by atoms with E-state index < -0.39 is 5.97 Å². The molecule has 0 radical (unpaired) electrons. The molecule has 0 aromatic heterocycles. The highest BCUT2D eigenvalue weighted by molar-refractivity contribution is 6.00. The predicted molar refractivity (Wildman–Crippen MR) is 63.5 cm³/mol. The molecule has 3 nitrogen and oxygen atoms in total. The Morgan fingerprint density at radius 3 is 2.33 bits per heavy atom. The fourth-order valence-corrected chi connectivity index (χ4v) is 1.44. The maximum Gasteiger partial charge on any atom is 0.312 e. The minimum absolute atomic E-state index is 0.373. The first-order valence-electron chi connectivity index (χ1n) is 5.87. The molecular formula is C12H23NO2. The number of carboxylic acids is 1. The number of rotatable bonds is 8. The van der Waals surface area contributed by atoms with Crippen LogP contribution in [0.3, 0.4) is 0 Å². The second-order valence-corrected chi connectivity index (χ2v) is 3.91. The van der Waals surface area contributed by atoms with Gasteiger partial charge >= 0.3 is 5.97 Å². The molecule has 0 aliphatic rings. The molecule has 0 fully saturated rings. The molecule has 0 spiro atoms. The molecule has 15 heavy (non-hydrogen) atoms. The summed E-state index contributed by atoms with van der Waals surface area (Å²) in [7, 11) is 0. The van der Waals surface area contributed by atoms with Crippen LogP contribution >= 0.6 is 0 Å². The van der Waals surface area contributed by atoms with Crippen molar-refractivity contribution in [2.24, 2.45) is 10.9 Å². The molecule has 0 bridgehead atoms. The molecule has 1 atom stereocenters. The second kappa shape index (κ2) is 8.45. The minimum Gasteiger partial charge on any atom is -0.481 e. The van der Waals surface area contributed by atoms with Crippen molar-refractivity contribution in [1.29, 1.82) is 0 Å². The van der Waals surface area contributed by atoms with Gasteiger partial charge < -0.3 is 5.11 Å². The molecule has 1 unspecified atom stereocenters. The van der Waals surface area contributed by atoms with Crippen molar-refractivity contribution >= 4 is 11.7 Å². The van der Waals surface area contributed by atoms with Gasteiger partial charge in [-0.2, -0.15) is 0 Å². The van der Waals surface area contributed by atoms with E-state index in [2.05, 4.69) is 18.8 Å². The Bertz CT molecular complexity index is 212. The third kappa shape index (κ3) is 6.26. The SMILES string of the molecule is CCCCN=C(C)C(CCCC)C(=O)O. The zero-order valence-corrected chi connectivity index (χ0v) is 10.1. The van der Waals surface area contributed by atoms with Crippen molar-refractivity contribution in [3.05, 3.63) is 0 Å². The summed E-state index contributed by atoms with van der Waals surface area (Å²) >= 11 is 0. The summed E-state index contributed by atoms with van der Waals surface area (Å²) in [6, 6.07) is 0. The summed E-state index contributed by atoms with van der Waals surface area (Å²) in [5.74, 6) is -1.11. The Balaban J connectivity index is 4.20. The third-order valence-electron chi connectivity index (χ3n) is 2.52. The molecule has 0 saturated heterocycles.